The number of benzene rings is 1. The van der Waals surface area contributed by atoms with Gasteiger partial charge in [-0.1, -0.05) is 17.3 Å². The molecule has 0 aliphatic carbocycles. The molecular formula is C16H20FN5O. The first-order chi connectivity index (χ1) is 11.1. The first-order valence-corrected chi connectivity index (χ1v) is 7.76. The summed E-state index contributed by atoms with van der Waals surface area (Å²) >= 11 is 0. The first kappa shape index (κ1) is 15.6. The maximum Gasteiger partial charge on any atom is 0.276 e. The van der Waals surface area contributed by atoms with E-state index in [0.717, 1.165) is 31.5 Å². The van der Waals surface area contributed by atoms with Gasteiger partial charge in [0.15, 0.2) is 5.69 Å². The van der Waals surface area contributed by atoms with Crippen molar-refractivity contribution in [3.05, 3.63) is 47.5 Å². The van der Waals surface area contributed by atoms with Crippen LogP contribution in [0.25, 0.3) is 0 Å². The van der Waals surface area contributed by atoms with E-state index in [4.69, 9.17) is 0 Å². The van der Waals surface area contributed by atoms with Crippen molar-refractivity contribution >= 4 is 5.91 Å². The van der Waals surface area contributed by atoms with E-state index in [9.17, 15) is 9.18 Å². The molecule has 1 fully saturated rings. The molecule has 0 bridgehead atoms. The van der Waals surface area contributed by atoms with E-state index in [1.807, 2.05) is 0 Å². The molecule has 0 radical (unpaired) electrons. The van der Waals surface area contributed by atoms with Crippen LogP contribution in [0.1, 0.15) is 34.9 Å². The van der Waals surface area contributed by atoms with Crippen molar-refractivity contribution in [3.63, 3.8) is 0 Å². The molecule has 6 nitrogen and oxygen atoms in total. The van der Waals surface area contributed by atoms with Crippen LogP contribution in [0.15, 0.2) is 30.5 Å². The molecule has 1 aromatic heterocycles. The molecule has 1 saturated heterocycles. The van der Waals surface area contributed by atoms with Gasteiger partial charge in [0.25, 0.3) is 5.91 Å². The summed E-state index contributed by atoms with van der Waals surface area (Å²) in [6.45, 7) is 2.32. The molecule has 23 heavy (non-hydrogen) atoms. The molecule has 1 amide bonds. The summed E-state index contributed by atoms with van der Waals surface area (Å²) in [6.07, 6.45) is 3.70. The molecule has 1 aromatic carbocycles. The number of aromatic nitrogens is 3. The Balaban J connectivity index is 1.65. The molecule has 0 atom stereocenters. The summed E-state index contributed by atoms with van der Waals surface area (Å²) < 4.78 is 14.7. The fourth-order valence-corrected chi connectivity index (χ4v) is 2.76. The lowest BCUT2D eigenvalue weighted by atomic mass is 10.1. The van der Waals surface area contributed by atoms with Crippen LogP contribution in [-0.2, 0) is 6.54 Å². The van der Waals surface area contributed by atoms with Gasteiger partial charge in [0.2, 0.25) is 0 Å². The van der Waals surface area contributed by atoms with E-state index < -0.39 is 0 Å². The molecule has 122 valence electrons. The Kier molecular flexibility index (Phi) is 4.66. The molecular weight excluding hydrogens is 297 g/mol. The maximum absolute atomic E-state index is 12.9. The van der Waals surface area contributed by atoms with Gasteiger partial charge in [0, 0.05) is 13.6 Å². The highest BCUT2D eigenvalue weighted by Gasteiger charge is 2.20. The van der Waals surface area contributed by atoms with E-state index in [1.165, 1.54) is 12.1 Å². The summed E-state index contributed by atoms with van der Waals surface area (Å²) in [7, 11) is 1.70. The molecule has 7 heteroatoms. The normalized spacial score (nSPS) is 15.6. The third-order valence-electron chi connectivity index (χ3n) is 4.09. The monoisotopic (exact) mass is 317 g/mol. The molecule has 1 N–H and O–H groups in total. The zero-order valence-corrected chi connectivity index (χ0v) is 13.1. The van der Waals surface area contributed by atoms with Crippen molar-refractivity contribution in [2.75, 3.05) is 20.1 Å². The average Bonchev–Trinajstić information content (AvgIpc) is 3.07. The van der Waals surface area contributed by atoms with Crippen LogP contribution in [0.5, 0.6) is 0 Å². The summed E-state index contributed by atoms with van der Waals surface area (Å²) in [5.74, 6) is -0.470. The van der Waals surface area contributed by atoms with Crippen molar-refractivity contribution in [1.29, 1.82) is 0 Å². The van der Waals surface area contributed by atoms with Crippen LogP contribution in [-0.4, -0.2) is 45.9 Å². The Morgan fingerprint density at radius 2 is 2.04 bits per heavy atom. The average molecular weight is 317 g/mol. The number of nitrogens with one attached hydrogen (secondary N) is 1. The topological polar surface area (TPSA) is 63.1 Å². The van der Waals surface area contributed by atoms with E-state index in [-0.39, 0.29) is 11.7 Å². The molecule has 1 aliphatic rings. The molecule has 3 rings (SSSR count). The highest BCUT2D eigenvalue weighted by atomic mass is 19.1. The van der Waals surface area contributed by atoms with Gasteiger partial charge in [0.05, 0.1) is 12.2 Å². The van der Waals surface area contributed by atoms with Crippen LogP contribution < -0.4 is 5.32 Å². The number of halogens is 1. The minimum atomic E-state index is -0.285. The molecule has 0 spiro atoms. The number of carbonyl (C=O) groups excluding carboxylic acids is 1. The van der Waals surface area contributed by atoms with Crippen LogP contribution in [0, 0.1) is 5.82 Å². The van der Waals surface area contributed by atoms with Crippen molar-refractivity contribution in [2.45, 2.75) is 25.4 Å². The number of hydrogen-bond donors (Lipinski definition) is 1. The SMILES string of the molecule is CN(Cc1ccc(F)cc1)C(=O)c1cn(C2CCNCC2)nn1. The third-order valence-corrected chi connectivity index (χ3v) is 4.09. The number of amides is 1. The molecule has 2 aromatic rings. The number of hydrogen-bond acceptors (Lipinski definition) is 4. The minimum Gasteiger partial charge on any atom is -0.336 e. The van der Waals surface area contributed by atoms with Crippen LogP contribution in [0.4, 0.5) is 4.39 Å². The Labute approximate surface area is 134 Å². The maximum atomic E-state index is 12.9. The van der Waals surface area contributed by atoms with Gasteiger partial charge in [-0.3, -0.25) is 4.79 Å². The predicted molar refractivity (Wildman–Crippen MR) is 83.4 cm³/mol. The van der Waals surface area contributed by atoms with Gasteiger partial charge in [-0.15, -0.1) is 5.10 Å². The Hall–Kier alpha value is -2.28. The van der Waals surface area contributed by atoms with Crippen molar-refractivity contribution in [3.8, 4) is 0 Å². The first-order valence-electron chi connectivity index (χ1n) is 7.76. The Morgan fingerprint density at radius 3 is 2.74 bits per heavy atom. The second kappa shape index (κ2) is 6.87. The summed E-state index contributed by atoms with van der Waals surface area (Å²) in [5.41, 5.74) is 1.21. The Bertz CT molecular complexity index is 663. The number of rotatable bonds is 4. The zero-order valence-electron chi connectivity index (χ0n) is 13.1. The van der Waals surface area contributed by atoms with E-state index in [1.54, 1.807) is 35.0 Å². The van der Waals surface area contributed by atoms with Crippen LogP contribution in [0.2, 0.25) is 0 Å². The van der Waals surface area contributed by atoms with Gasteiger partial charge in [-0.2, -0.15) is 0 Å². The lowest BCUT2D eigenvalue weighted by molar-refractivity contribution is 0.0779. The van der Waals surface area contributed by atoms with Crippen molar-refractivity contribution in [1.82, 2.24) is 25.2 Å². The number of nitrogens with zero attached hydrogens (tertiary/aromatic N) is 4. The minimum absolute atomic E-state index is 0.186. The second-order valence-corrected chi connectivity index (χ2v) is 5.85. The fraction of sp³-hybridized carbons (Fsp3) is 0.438. The predicted octanol–water partition coefficient (Wildman–Crippen LogP) is 1.61. The molecule has 0 unspecified atom stereocenters. The standard InChI is InChI=1S/C16H20FN5O/c1-21(10-12-2-4-13(17)5-3-12)16(23)15-11-22(20-19-15)14-6-8-18-9-7-14/h2-5,11,14,18H,6-10H2,1H3. The largest absolute Gasteiger partial charge is 0.336 e. The zero-order chi connectivity index (χ0) is 16.2. The van der Waals surface area contributed by atoms with E-state index in [0.29, 0.717) is 18.3 Å². The van der Waals surface area contributed by atoms with E-state index >= 15 is 0 Å². The number of piperidine rings is 1. The quantitative estimate of drug-likeness (QED) is 0.931. The summed E-state index contributed by atoms with van der Waals surface area (Å²) in [5, 5.41) is 11.4. The van der Waals surface area contributed by atoms with Crippen molar-refractivity contribution < 1.29 is 9.18 Å². The molecule has 2 heterocycles. The molecule has 0 saturated carbocycles. The Morgan fingerprint density at radius 1 is 1.35 bits per heavy atom. The fourth-order valence-electron chi connectivity index (χ4n) is 2.76. The van der Waals surface area contributed by atoms with Gasteiger partial charge in [-0.05, 0) is 43.6 Å². The third kappa shape index (κ3) is 3.73. The smallest absolute Gasteiger partial charge is 0.276 e. The highest BCUT2D eigenvalue weighted by molar-refractivity contribution is 5.91. The lowest BCUT2D eigenvalue weighted by Gasteiger charge is -2.22. The van der Waals surface area contributed by atoms with Gasteiger partial charge < -0.3 is 10.2 Å². The summed E-state index contributed by atoms with van der Waals surface area (Å²) in [4.78, 5) is 14.0. The van der Waals surface area contributed by atoms with Gasteiger partial charge >= 0.3 is 0 Å². The lowest BCUT2D eigenvalue weighted by Crippen LogP contribution is -2.29. The van der Waals surface area contributed by atoms with E-state index in [2.05, 4.69) is 15.6 Å². The van der Waals surface area contributed by atoms with Gasteiger partial charge in [-0.25, -0.2) is 9.07 Å². The van der Waals surface area contributed by atoms with Gasteiger partial charge in [0.1, 0.15) is 5.82 Å². The molecule has 1 aliphatic heterocycles. The van der Waals surface area contributed by atoms with Crippen LogP contribution >= 0.6 is 0 Å². The summed E-state index contributed by atoms with van der Waals surface area (Å²) in [6, 6.07) is 6.42. The highest BCUT2D eigenvalue weighted by Crippen LogP contribution is 2.17. The number of carbonyl (C=O) groups is 1. The van der Waals surface area contributed by atoms with Crippen LogP contribution in [0.3, 0.4) is 0 Å². The second-order valence-electron chi connectivity index (χ2n) is 5.85. The van der Waals surface area contributed by atoms with Crippen molar-refractivity contribution in [2.24, 2.45) is 0 Å².